The molecule has 1 fully saturated rings. The summed E-state index contributed by atoms with van der Waals surface area (Å²) >= 11 is 0. The van der Waals surface area contributed by atoms with Gasteiger partial charge in [0.1, 0.15) is 5.82 Å². The number of hydrogen-bond donors (Lipinski definition) is 1. The number of pyridine rings is 1. The van der Waals surface area contributed by atoms with Crippen LogP contribution >= 0.6 is 0 Å². The Kier molecular flexibility index (Phi) is 5.21. The zero-order valence-electron chi connectivity index (χ0n) is 13.6. The van der Waals surface area contributed by atoms with Gasteiger partial charge in [-0.05, 0) is 44.7 Å². The van der Waals surface area contributed by atoms with Crippen molar-refractivity contribution in [3.05, 3.63) is 23.4 Å². The van der Waals surface area contributed by atoms with E-state index in [0.717, 1.165) is 30.0 Å². The molecular weight excluding hydrogens is 262 g/mol. The second kappa shape index (κ2) is 6.92. The molecule has 0 bridgehead atoms. The molecule has 0 aromatic carbocycles. The molecule has 2 atom stereocenters. The SMILES string of the molecule is CCNc1cc(C(=O)N(C)C2CCCCC2C)cc(C)n1. The molecule has 2 unspecified atom stereocenters. The second-order valence-corrected chi connectivity index (χ2v) is 6.16. The standard InChI is InChI=1S/C17H27N3O/c1-5-18-16-11-14(10-13(3)19-16)17(21)20(4)15-9-7-6-8-12(15)2/h10-12,15H,5-9H2,1-4H3,(H,18,19). The number of anilines is 1. The van der Waals surface area contributed by atoms with Gasteiger partial charge in [-0.15, -0.1) is 0 Å². The van der Waals surface area contributed by atoms with Crippen LogP contribution in [-0.4, -0.2) is 35.4 Å². The first kappa shape index (κ1) is 15.8. The summed E-state index contributed by atoms with van der Waals surface area (Å²) in [5, 5.41) is 3.19. The van der Waals surface area contributed by atoms with E-state index in [1.54, 1.807) is 0 Å². The molecule has 2 rings (SSSR count). The van der Waals surface area contributed by atoms with Crippen molar-refractivity contribution in [3.63, 3.8) is 0 Å². The number of rotatable bonds is 4. The Hall–Kier alpha value is -1.58. The van der Waals surface area contributed by atoms with Crippen LogP contribution in [0.3, 0.4) is 0 Å². The first-order chi connectivity index (χ1) is 10.0. The zero-order chi connectivity index (χ0) is 15.4. The summed E-state index contributed by atoms with van der Waals surface area (Å²) < 4.78 is 0. The third kappa shape index (κ3) is 3.74. The van der Waals surface area contributed by atoms with E-state index in [4.69, 9.17) is 0 Å². The maximum absolute atomic E-state index is 12.8. The first-order valence-corrected chi connectivity index (χ1v) is 8.02. The van der Waals surface area contributed by atoms with Gasteiger partial charge in [0.2, 0.25) is 0 Å². The van der Waals surface area contributed by atoms with Crippen LogP contribution in [0.15, 0.2) is 12.1 Å². The summed E-state index contributed by atoms with van der Waals surface area (Å²) in [7, 11) is 1.94. The fourth-order valence-electron chi connectivity index (χ4n) is 3.29. The number of aryl methyl sites for hydroxylation is 1. The molecule has 4 heteroatoms. The predicted octanol–water partition coefficient (Wildman–Crippen LogP) is 3.47. The zero-order valence-corrected chi connectivity index (χ0v) is 13.6. The van der Waals surface area contributed by atoms with Gasteiger partial charge >= 0.3 is 0 Å². The molecule has 0 aliphatic heterocycles. The number of aromatic nitrogens is 1. The van der Waals surface area contributed by atoms with Crippen molar-refractivity contribution in [2.24, 2.45) is 5.92 Å². The van der Waals surface area contributed by atoms with Gasteiger partial charge in [0, 0.05) is 30.9 Å². The quantitative estimate of drug-likeness (QED) is 0.923. The van der Waals surface area contributed by atoms with Gasteiger partial charge in [0.25, 0.3) is 5.91 Å². The number of hydrogen-bond acceptors (Lipinski definition) is 3. The smallest absolute Gasteiger partial charge is 0.254 e. The Balaban J connectivity index is 2.18. The maximum Gasteiger partial charge on any atom is 0.254 e. The number of nitrogens with zero attached hydrogens (tertiary/aromatic N) is 2. The highest BCUT2D eigenvalue weighted by Crippen LogP contribution is 2.28. The van der Waals surface area contributed by atoms with E-state index in [9.17, 15) is 4.79 Å². The van der Waals surface area contributed by atoms with Gasteiger partial charge in [-0.3, -0.25) is 4.79 Å². The lowest BCUT2D eigenvalue weighted by atomic mass is 9.85. The van der Waals surface area contributed by atoms with E-state index < -0.39 is 0 Å². The fraction of sp³-hybridized carbons (Fsp3) is 0.647. The fourth-order valence-corrected chi connectivity index (χ4v) is 3.29. The highest BCUT2D eigenvalue weighted by Gasteiger charge is 2.28. The van der Waals surface area contributed by atoms with E-state index in [-0.39, 0.29) is 5.91 Å². The summed E-state index contributed by atoms with van der Waals surface area (Å²) in [6.07, 6.45) is 4.86. The molecule has 1 aromatic heterocycles. The Morgan fingerprint density at radius 2 is 2.10 bits per heavy atom. The van der Waals surface area contributed by atoms with E-state index in [1.165, 1.54) is 19.3 Å². The molecular formula is C17H27N3O. The molecule has 0 radical (unpaired) electrons. The average Bonchev–Trinajstić information content (AvgIpc) is 2.46. The maximum atomic E-state index is 12.8. The van der Waals surface area contributed by atoms with Crippen LogP contribution in [0.4, 0.5) is 5.82 Å². The molecule has 1 aliphatic carbocycles. The molecule has 1 heterocycles. The number of carbonyl (C=O) groups is 1. The Morgan fingerprint density at radius 1 is 1.38 bits per heavy atom. The summed E-state index contributed by atoms with van der Waals surface area (Å²) in [4.78, 5) is 19.1. The van der Waals surface area contributed by atoms with Gasteiger partial charge in [-0.25, -0.2) is 4.98 Å². The summed E-state index contributed by atoms with van der Waals surface area (Å²) in [5.74, 6) is 1.48. The van der Waals surface area contributed by atoms with Gasteiger partial charge in [-0.1, -0.05) is 19.8 Å². The van der Waals surface area contributed by atoms with E-state index in [2.05, 4.69) is 17.2 Å². The minimum Gasteiger partial charge on any atom is -0.370 e. The topological polar surface area (TPSA) is 45.2 Å². The summed E-state index contributed by atoms with van der Waals surface area (Å²) in [5.41, 5.74) is 1.61. The van der Waals surface area contributed by atoms with Crippen molar-refractivity contribution in [3.8, 4) is 0 Å². The van der Waals surface area contributed by atoms with Crippen molar-refractivity contribution < 1.29 is 4.79 Å². The highest BCUT2D eigenvalue weighted by molar-refractivity contribution is 5.95. The van der Waals surface area contributed by atoms with Crippen LogP contribution in [-0.2, 0) is 0 Å². The monoisotopic (exact) mass is 289 g/mol. The molecule has 1 aliphatic rings. The number of carbonyl (C=O) groups excluding carboxylic acids is 1. The van der Waals surface area contributed by atoms with E-state index in [1.807, 2.05) is 37.9 Å². The van der Waals surface area contributed by atoms with E-state index >= 15 is 0 Å². The van der Waals surface area contributed by atoms with Gasteiger partial charge < -0.3 is 10.2 Å². The Morgan fingerprint density at radius 3 is 2.76 bits per heavy atom. The molecule has 0 spiro atoms. The normalized spacial score (nSPS) is 21.9. The van der Waals surface area contributed by atoms with Crippen LogP contribution in [0, 0.1) is 12.8 Å². The molecule has 4 nitrogen and oxygen atoms in total. The number of nitrogens with one attached hydrogen (secondary N) is 1. The minimum atomic E-state index is 0.110. The lowest BCUT2D eigenvalue weighted by molar-refractivity contribution is 0.0629. The lowest BCUT2D eigenvalue weighted by Crippen LogP contribution is -2.42. The second-order valence-electron chi connectivity index (χ2n) is 6.16. The molecule has 1 aromatic rings. The van der Waals surface area contributed by atoms with Crippen LogP contribution in [0.2, 0.25) is 0 Å². The summed E-state index contributed by atoms with van der Waals surface area (Å²) in [6.45, 7) is 7.03. The van der Waals surface area contributed by atoms with Crippen LogP contribution in [0.1, 0.15) is 55.6 Å². The third-order valence-corrected chi connectivity index (χ3v) is 4.44. The first-order valence-electron chi connectivity index (χ1n) is 8.02. The minimum absolute atomic E-state index is 0.110. The van der Waals surface area contributed by atoms with Crippen molar-refractivity contribution in [2.45, 2.75) is 52.5 Å². The molecule has 21 heavy (non-hydrogen) atoms. The average molecular weight is 289 g/mol. The van der Waals surface area contributed by atoms with Gasteiger partial charge in [0.15, 0.2) is 0 Å². The van der Waals surface area contributed by atoms with Crippen LogP contribution in [0.5, 0.6) is 0 Å². The van der Waals surface area contributed by atoms with Gasteiger partial charge in [0.05, 0.1) is 0 Å². The Labute approximate surface area is 127 Å². The van der Waals surface area contributed by atoms with Gasteiger partial charge in [-0.2, -0.15) is 0 Å². The third-order valence-electron chi connectivity index (χ3n) is 4.44. The van der Waals surface area contributed by atoms with Crippen LogP contribution in [0.25, 0.3) is 0 Å². The molecule has 0 saturated heterocycles. The van der Waals surface area contributed by atoms with Crippen molar-refractivity contribution >= 4 is 11.7 Å². The Bertz CT molecular complexity index is 501. The van der Waals surface area contributed by atoms with Crippen molar-refractivity contribution in [1.29, 1.82) is 0 Å². The summed E-state index contributed by atoms with van der Waals surface area (Å²) in [6, 6.07) is 4.11. The van der Waals surface area contributed by atoms with E-state index in [0.29, 0.717) is 12.0 Å². The molecule has 1 saturated carbocycles. The number of amides is 1. The van der Waals surface area contributed by atoms with Crippen LogP contribution < -0.4 is 5.32 Å². The molecule has 116 valence electrons. The van der Waals surface area contributed by atoms with Crippen molar-refractivity contribution in [1.82, 2.24) is 9.88 Å². The molecule has 1 amide bonds. The molecule has 1 N–H and O–H groups in total. The largest absolute Gasteiger partial charge is 0.370 e. The predicted molar refractivity (Wildman–Crippen MR) is 86.7 cm³/mol. The van der Waals surface area contributed by atoms with Crippen molar-refractivity contribution in [2.75, 3.05) is 18.9 Å². The lowest BCUT2D eigenvalue weighted by Gasteiger charge is -2.36. The highest BCUT2D eigenvalue weighted by atomic mass is 16.2.